The molecule has 0 aliphatic heterocycles. The first-order valence-corrected chi connectivity index (χ1v) is 10.9. The van der Waals surface area contributed by atoms with Gasteiger partial charge in [-0.2, -0.15) is 4.98 Å². The lowest BCUT2D eigenvalue weighted by Gasteiger charge is -2.19. The molecule has 2 aromatic carbocycles. The minimum Gasteiger partial charge on any atom is -0.396 e. The minimum absolute atomic E-state index is 0.0527. The summed E-state index contributed by atoms with van der Waals surface area (Å²) in [5.74, 6) is 1.04. The standard InChI is InChI=1S/C25H29N5O2/c1-25(2,3)19-12-10-18(11-13-19)21-27-22-20(16-17-8-5-4-6-9-17)23(32)29-30(22)24(28-21)26-14-7-15-31/h4-6,8-13,31H,7,14-16H2,1-3H3,(H,29,32)(H,26,27,28). The number of nitrogens with zero attached hydrogens (tertiary/aromatic N) is 3. The van der Waals surface area contributed by atoms with Crippen molar-refractivity contribution in [3.05, 3.63) is 81.6 Å². The Hall–Kier alpha value is -3.45. The van der Waals surface area contributed by atoms with Gasteiger partial charge in [0.2, 0.25) is 5.95 Å². The zero-order valence-electron chi connectivity index (χ0n) is 18.7. The molecule has 0 fully saturated rings. The summed E-state index contributed by atoms with van der Waals surface area (Å²) in [6.07, 6.45) is 1.05. The number of anilines is 1. The van der Waals surface area contributed by atoms with Crippen LogP contribution in [0.1, 0.15) is 43.9 Å². The molecule has 0 atom stereocenters. The molecule has 32 heavy (non-hydrogen) atoms. The lowest BCUT2D eigenvalue weighted by atomic mass is 9.87. The van der Waals surface area contributed by atoms with Crippen LogP contribution in [0.25, 0.3) is 17.0 Å². The van der Waals surface area contributed by atoms with E-state index in [1.54, 1.807) is 4.52 Å². The first kappa shape index (κ1) is 21.8. The molecule has 0 aliphatic rings. The monoisotopic (exact) mass is 431 g/mol. The number of fused-ring (bicyclic) bond motifs is 1. The Kier molecular flexibility index (Phi) is 6.10. The van der Waals surface area contributed by atoms with Crippen LogP contribution in [0.4, 0.5) is 5.95 Å². The smallest absolute Gasteiger partial charge is 0.270 e. The summed E-state index contributed by atoms with van der Waals surface area (Å²) in [6, 6.07) is 18.1. The van der Waals surface area contributed by atoms with Gasteiger partial charge in [-0.3, -0.25) is 9.89 Å². The third-order valence-electron chi connectivity index (χ3n) is 5.46. The van der Waals surface area contributed by atoms with Gasteiger partial charge < -0.3 is 10.4 Å². The molecule has 0 bridgehead atoms. The van der Waals surface area contributed by atoms with Crippen LogP contribution in [0.15, 0.2) is 59.4 Å². The molecule has 7 heteroatoms. The first-order chi connectivity index (χ1) is 15.4. The molecular formula is C25H29N5O2. The number of aromatic amines is 1. The SMILES string of the molecule is CC(C)(C)c1ccc(-c2nc(NCCCO)n3[nH]c(=O)c(Cc4ccccc4)c3n2)cc1. The van der Waals surface area contributed by atoms with E-state index in [0.717, 1.165) is 11.1 Å². The van der Waals surface area contributed by atoms with Crippen molar-refractivity contribution in [2.75, 3.05) is 18.5 Å². The fourth-order valence-corrected chi connectivity index (χ4v) is 3.61. The normalized spacial score (nSPS) is 11.8. The second-order valence-electron chi connectivity index (χ2n) is 8.94. The summed E-state index contributed by atoms with van der Waals surface area (Å²) in [5, 5.41) is 15.2. The quantitative estimate of drug-likeness (QED) is 0.387. The van der Waals surface area contributed by atoms with Gasteiger partial charge in [-0.05, 0) is 23.0 Å². The molecule has 0 saturated carbocycles. The zero-order valence-corrected chi connectivity index (χ0v) is 18.7. The highest BCUT2D eigenvalue weighted by molar-refractivity contribution is 5.63. The predicted molar refractivity (Wildman–Crippen MR) is 127 cm³/mol. The third kappa shape index (κ3) is 4.57. The van der Waals surface area contributed by atoms with Crippen LogP contribution in [0.3, 0.4) is 0 Å². The summed E-state index contributed by atoms with van der Waals surface area (Å²) >= 11 is 0. The molecular weight excluding hydrogens is 402 g/mol. The zero-order chi connectivity index (χ0) is 22.7. The van der Waals surface area contributed by atoms with Crippen molar-refractivity contribution in [1.29, 1.82) is 0 Å². The summed E-state index contributed by atoms with van der Waals surface area (Å²) in [7, 11) is 0. The first-order valence-electron chi connectivity index (χ1n) is 10.9. The van der Waals surface area contributed by atoms with E-state index in [-0.39, 0.29) is 17.6 Å². The Morgan fingerprint density at radius 1 is 1.03 bits per heavy atom. The van der Waals surface area contributed by atoms with Crippen LogP contribution in [0, 0.1) is 0 Å². The van der Waals surface area contributed by atoms with Crippen molar-refractivity contribution >= 4 is 11.6 Å². The van der Waals surface area contributed by atoms with Crippen LogP contribution in [-0.4, -0.2) is 37.8 Å². The van der Waals surface area contributed by atoms with E-state index in [9.17, 15) is 4.79 Å². The molecule has 0 aliphatic carbocycles. The molecule has 166 valence electrons. The molecule has 3 N–H and O–H groups in total. The Labute approximate surface area is 187 Å². The fourth-order valence-electron chi connectivity index (χ4n) is 3.61. The average Bonchev–Trinajstić information content (AvgIpc) is 3.09. The molecule has 0 unspecified atom stereocenters. The summed E-state index contributed by atoms with van der Waals surface area (Å²) in [4.78, 5) is 22.3. The molecule has 4 aromatic rings. The second kappa shape index (κ2) is 8.96. The number of hydrogen-bond acceptors (Lipinski definition) is 5. The maximum Gasteiger partial charge on any atom is 0.270 e. The van der Waals surface area contributed by atoms with Gasteiger partial charge in [0.25, 0.3) is 5.56 Å². The largest absolute Gasteiger partial charge is 0.396 e. The highest BCUT2D eigenvalue weighted by Crippen LogP contribution is 2.26. The van der Waals surface area contributed by atoms with Crippen LogP contribution in [0.2, 0.25) is 0 Å². The molecule has 4 rings (SSSR count). The lowest BCUT2D eigenvalue weighted by molar-refractivity contribution is 0.292. The highest BCUT2D eigenvalue weighted by atomic mass is 16.3. The molecule has 2 heterocycles. The maximum absolute atomic E-state index is 12.8. The number of hydrogen-bond donors (Lipinski definition) is 3. The van der Waals surface area contributed by atoms with E-state index in [1.165, 1.54) is 5.56 Å². The van der Waals surface area contributed by atoms with Crippen LogP contribution in [-0.2, 0) is 11.8 Å². The van der Waals surface area contributed by atoms with Crippen LogP contribution in [0.5, 0.6) is 0 Å². The van der Waals surface area contributed by atoms with Gasteiger partial charge in [-0.15, -0.1) is 0 Å². The number of aliphatic hydroxyl groups is 1. The van der Waals surface area contributed by atoms with Gasteiger partial charge in [0.15, 0.2) is 11.5 Å². The van der Waals surface area contributed by atoms with Gasteiger partial charge in [0.1, 0.15) is 0 Å². The maximum atomic E-state index is 12.8. The van der Waals surface area contributed by atoms with Crippen molar-refractivity contribution < 1.29 is 5.11 Å². The van der Waals surface area contributed by atoms with Crippen molar-refractivity contribution in [3.8, 4) is 11.4 Å². The number of rotatable bonds is 7. The summed E-state index contributed by atoms with van der Waals surface area (Å²) in [6.45, 7) is 7.13. The third-order valence-corrected chi connectivity index (χ3v) is 5.46. The average molecular weight is 432 g/mol. The number of H-pyrrole nitrogens is 1. The van der Waals surface area contributed by atoms with Crippen LogP contribution >= 0.6 is 0 Å². The van der Waals surface area contributed by atoms with E-state index < -0.39 is 0 Å². The summed E-state index contributed by atoms with van der Waals surface area (Å²) < 4.78 is 1.60. The molecule has 0 amide bonds. The van der Waals surface area contributed by atoms with Gasteiger partial charge in [-0.1, -0.05) is 75.4 Å². The Bertz CT molecular complexity index is 1250. The molecule has 7 nitrogen and oxygen atoms in total. The fraction of sp³-hybridized carbons (Fsp3) is 0.320. The van der Waals surface area contributed by atoms with Crippen molar-refractivity contribution in [2.45, 2.75) is 39.0 Å². The summed E-state index contributed by atoms with van der Waals surface area (Å²) in [5.41, 5.74) is 4.16. The van der Waals surface area contributed by atoms with E-state index in [0.29, 0.717) is 42.4 Å². The molecule has 2 aromatic heterocycles. The Balaban J connectivity index is 1.82. The number of aliphatic hydroxyl groups excluding tert-OH is 1. The van der Waals surface area contributed by atoms with Crippen molar-refractivity contribution in [2.24, 2.45) is 0 Å². The van der Waals surface area contributed by atoms with E-state index >= 15 is 0 Å². The molecule has 0 spiro atoms. The van der Waals surface area contributed by atoms with E-state index in [4.69, 9.17) is 10.1 Å². The molecule has 0 saturated heterocycles. The number of nitrogens with one attached hydrogen (secondary N) is 2. The van der Waals surface area contributed by atoms with Gasteiger partial charge in [-0.25, -0.2) is 9.50 Å². The lowest BCUT2D eigenvalue weighted by Crippen LogP contribution is -2.13. The molecule has 0 radical (unpaired) electrons. The highest BCUT2D eigenvalue weighted by Gasteiger charge is 2.18. The van der Waals surface area contributed by atoms with E-state index in [2.05, 4.69) is 48.3 Å². The number of benzene rings is 2. The topological polar surface area (TPSA) is 95.3 Å². The van der Waals surface area contributed by atoms with Gasteiger partial charge in [0.05, 0.1) is 5.56 Å². The number of aromatic nitrogens is 4. The Morgan fingerprint density at radius 3 is 2.41 bits per heavy atom. The van der Waals surface area contributed by atoms with Crippen molar-refractivity contribution in [3.63, 3.8) is 0 Å². The van der Waals surface area contributed by atoms with Gasteiger partial charge in [0, 0.05) is 25.1 Å². The Morgan fingerprint density at radius 2 is 1.75 bits per heavy atom. The van der Waals surface area contributed by atoms with E-state index in [1.807, 2.05) is 42.5 Å². The van der Waals surface area contributed by atoms with Crippen molar-refractivity contribution in [1.82, 2.24) is 19.6 Å². The minimum atomic E-state index is -0.186. The van der Waals surface area contributed by atoms with Crippen LogP contribution < -0.4 is 10.9 Å². The van der Waals surface area contributed by atoms with Gasteiger partial charge >= 0.3 is 0 Å². The predicted octanol–water partition coefficient (Wildman–Crippen LogP) is 3.77. The second-order valence-corrected chi connectivity index (χ2v) is 8.94.